The van der Waals surface area contributed by atoms with Gasteiger partial charge in [0.15, 0.2) is 0 Å². The number of hydrogen-bond donors (Lipinski definition) is 1. The van der Waals surface area contributed by atoms with Gasteiger partial charge in [0, 0.05) is 18.1 Å². The molecule has 1 unspecified atom stereocenters. The van der Waals surface area contributed by atoms with Crippen LogP contribution in [0.2, 0.25) is 0 Å². The van der Waals surface area contributed by atoms with E-state index in [4.69, 9.17) is 4.74 Å². The lowest BCUT2D eigenvalue weighted by atomic mass is 9.97. The van der Waals surface area contributed by atoms with E-state index in [9.17, 15) is 0 Å². The number of rotatable bonds is 10. The molecule has 1 rings (SSSR count). The van der Waals surface area contributed by atoms with Crippen LogP contribution in [0.15, 0.2) is 28.7 Å². The van der Waals surface area contributed by atoms with Gasteiger partial charge >= 0.3 is 0 Å². The summed E-state index contributed by atoms with van der Waals surface area (Å²) in [5.74, 6) is 1.93. The van der Waals surface area contributed by atoms with Gasteiger partial charge in [0.05, 0.1) is 6.61 Å². The number of thioether (sulfide) groups is 1. The molecule has 0 radical (unpaired) electrons. The van der Waals surface area contributed by atoms with Crippen molar-refractivity contribution < 1.29 is 4.74 Å². The average Bonchev–Trinajstić information content (AvgIpc) is 2.43. The third-order valence-electron chi connectivity index (χ3n) is 3.08. The predicted molar refractivity (Wildman–Crippen MR) is 89.1 cm³/mol. The van der Waals surface area contributed by atoms with Gasteiger partial charge in [-0.1, -0.05) is 28.1 Å². The van der Waals surface area contributed by atoms with Crippen LogP contribution in [0.5, 0.6) is 0 Å². The molecule has 0 fully saturated rings. The van der Waals surface area contributed by atoms with Gasteiger partial charge in [-0.3, -0.25) is 0 Å². The van der Waals surface area contributed by atoms with Crippen molar-refractivity contribution in [2.45, 2.75) is 12.8 Å². The summed E-state index contributed by atoms with van der Waals surface area (Å²) in [6, 6.07) is 8.68. The van der Waals surface area contributed by atoms with Crippen LogP contribution in [0.4, 0.5) is 0 Å². The van der Waals surface area contributed by atoms with Gasteiger partial charge in [-0.2, -0.15) is 11.8 Å². The third kappa shape index (κ3) is 7.98. The van der Waals surface area contributed by atoms with Gasteiger partial charge in [0.25, 0.3) is 0 Å². The Labute approximate surface area is 129 Å². The lowest BCUT2D eigenvalue weighted by molar-refractivity contribution is 0.197. The molecule has 0 aliphatic rings. The Bertz CT molecular complexity index is 331. The summed E-state index contributed by atoms with van der Waals surface area (Å²) in [5, 5.41) is 3.48. The van der Waals surface area contributed by atoms with Crippen LogP contribution in [-0.2, 0) is 11.2 Å². The Hall–Kier alpha value is -0.0300. The molecule has 0 saturated heterocycles. The minimum Gasteiger partial charge on any atom is -0.383 e. The molecular formula is C15H24BrNOS. The summed E-state index contributed by atoms with van der Waals surface area (Å²) in [6.07, 6.45) is 4.58. The van der Waals surface area contributed by atoms with Gasteiger partial charge in [-0.25, -0.2) is 0 Å². The van der Waals surface area contributed by atoms with Gasteiger partial charge < -0.3 is 10.1 Å². The van der Waals surface area contributed by atoms with Crippen LogP contribution in [0.25, 0.3) is 0 Å². The molecule has 0 aliphatic carbocycles. The number of benzene rings is 1. The van der Waals surface area contributed by atoms with E-state index < -0.39 is 0 Å². The maximum atomic E-state index is 5.06. The minimum absolute atomic E-state index is 0.700. The SMILES string of the molecule is COCCNCC(CCSC)Cc1ccc(Br)cc1. The molecule has 0 aliphatic heterocycles. The molecular weight excluding hydrogens is 322 g/mol. The Kier molecular flexibility index (Phi) is 9.61. The minimum atomic E-state index is 0.700. The first-order valence-corrected chi connectivity index (χ1v) is 8.88. The normalized spacial score (nSPS) is 12.6. The molecule has 1 aromatic rings. The van der Waals surface area contributed by atoms with Crippen molar-refractivity contribution >= 4 is 27.7 Å². The van der Waals surface area contributed by atoms with E-state index in [2.05, 4.69) is 51.8 Å². The van der Waals surface area contributed by atoms with Gasteiger partial charge in [-0.05, 0) is 55.0 Å². The van der Waals surface area contributed by atoms with Crippen molar-refractivity contribution in [1.82, 2.24) is 5.32 Å². The standard InChI is InChI=1S/C15H24BrNOS/c1-18-9-8-17-12-14(7-10-19-2)11-13-3-5-15(16)6-4-13/h3-6,14,17H,7-12H2,1-2H3. The molecule has 0 aromatic heterocycles. The molecule has 2 nitrogen and oxygen atoms in total. The zero-order valence-corrected chi connectivity index (χ0v) is 14.2. The summed E-state index contributed by atoms with van der Waals surface area (Å²) in [6.45, 7) is 2.79. The fourth-order valence-corrected chi connectivity index (χ4v) is 2.83. The van der Waals surface area contributed by atoms with Crippen molar-refractivity contribution in [2.75, 3.05) is 38.8 Å². The van der Waals surface area contributed by atoms with E-state index in [-0.39, 0.29) is 0 Å². The highest BCUT2D eigenvalue weighted by Crippen LogP contribution is 2.17. The average molecular weight is 346 g/mol. The lowest BCUT2D eigenvalue weighted by Crippen LogP contribution is -2.27. The molecule has 0 saturated carbocycles. The fraction of sp³-hybridized carbons (Fsp3) is 0.600. The summed E-state index contributed by atoms with van der Waals surface area (Å²) in [7, 11) is 1.74. The second-order valence-electron chi connectivity index (χ2n) is 4.68. The third-order valence-corrected chi connectivity index (χ3v) is 4.26. The summed E-state index contributed by atoms with van der Waals surface area (Å²) < 4.78 is 6.21. The van der Waals surface area contributed by atoms with Crippen LogP contribution < -0.4 is 5.32 Å². The fourth-order valence-electron chi connectivity index (χ4n) is 2.00. The Balaban J connectivity index is 2.41. The van der Waals surface area contributed by atoms with Crippen molar-refractivity contribution in [1.29, 1.82) is 0 Å². The largest absolute Gasteiger partial charge is 0.383 e. The van der Waals surface area contributed by atoms with Crippen molar-refractivity contribution in [2.24, 2.45) is 5.92 Å². The van der Waals surface area contributed by atoms with Gasteiger partial charge in [0.1, 0.15) is 0 Å². The number of halogens is 1. The Morgan fingerprint density at radius 1 is 1.32 bits per heavy atom. The Morgan fingerprint density at radius 3 is 2.68 bits per heavy atom. The summed E-state index contributed by atoms with van der Waals surface area (Å²) in [4.78, 5) is 0. The molecule has 108 valence electrons. The zero-order chi connectivity index (χ0) is 13.9. The number of ether oxygens (including phenoxy) is 1. The van der Waals surface area contributed by atoms with E-state index in [1.807, 2.05) is 11.8 Å². The van der Waals surface area contributed by atoms with Gasteiger partial charge in [0.2, 0.25) is 0 Å². The van der Waals surface area contributed by atoms with Crippen LogP contribution in [0, 0.1) is 5.92 Å². The molecule has 1 atom stereocenters. The van der Waals surface area contributed by atoms with E-state index in [1.54, 1.807) is 7.11 Å². The van der Waals surface area contributed by atoms with E-state index in [1.165, 1.54) is 17.7 Å². The predicted octanol–water partition coefficient (Wildman–Crippen LogP) is 3.60. The quantitative estimate of drug-likeness (QED) is 0.654. The molecule has 1 N–H and O–H groups in total. The summed E-state index contributed by atoms with van der Waals surface area (Å²) in [5.41, 5.74) is 1.42. The van der Waals surface area contributed by atoms with E-state index in [0.717, 1.165) is 30.6 Å². The molecule has 0 bridgehead atoms. The molecule has 19 heavy (non-hydrogen) atoms. The Morgan fingerprint density at radius 2 is 2.05 bits per heavy atom. The maximum Gasteiger partial charge on any atom is 0.0587 e. The van der Waals surface area contributed by atoms with E-state index >= 15 is 0 Å². The van der Waals surface area contributed by atoms with Gasteiger partial charge in [-0.15, -0.1) is 0 Å². The van der Waals surface area contributed by atoms with Crippen molar-refractivity contribution in [3.63, 3.8) is 0 Å². The topological polar surface area (TPSA) is 21.3 Å². The summed E-state index contributed by atoms with van der Waals surface area (Å²) >= 11 is 5.41. The molecule has 0 heterocycles. The van der Waals surface area contributed by atoms with E-state index in [0.29, 0.717) is 5.92 Å². The van der Waals surface area contributed by atoms with Crippen molar-refractivity contribution in [3.8, 4) is 0 Å². The number of nitrogens with one attached hydrogen (secondary N) is 1. The van der Waals surface area contributed by atoms with Crippen LogP contribution in [-0.4, -0.2) is 38.8 Å². The second-order valence-corrected chi connectivity index (χ2v) is 6.58. The molecule has 0 spiro atoms. The maximum absolute atomic E-state index is 5.06. The first-order valence-electron chi connectivity index (χ1n) is 6.69. The van der Waals surface area contributed by atoms with Crippen molar-refractivity contribution in [3.05, 3.63) is 34.3 Å². The zero-order valence-electron chi connectivity index (χ0n) is 11.8. The second kappa shape index (κ2) is 10.7. The number of hydrogen-bond acceptors (Lipinski definition) is 3. The van der Waals surface area contributed by atoms with Crippen LogP contribution in [0.3, 0.4) is 0 Å². The van der Waals surface area contributed by atoms with Crippen LogP contribution in [0.1, 0.15) is 12.0 Å². The smallest absolute Gasteiger partial charge is 0.0587 e. The highest BCUT2D eigenvalue weighted by molar-refractivity contribution is 9.10. The number of methoxy groups -OCH3 is 1. The lowest BCUT2D eigenvalue weighted by Gasteiger charge is -2.17. The molecule has 4 heteroatoms. The first kappa shape index (κ1) is 17.0. The highest BCUT2D eigenvalue weighted by atomic mass is 79.9. The highest BCUT2D eigenvalue weighted by Gasteiger charge is 2.09. The monoisotopic (exact) mass is 345 g/mol. The first-order chi connectivity index (χ1) is 9.26. The molecule has 0 amide bonds. The molecule has 1 aromatic carbocycles. The van der Waals surface area contributed by atoms with Crippen LogP contribution >= 0.6 is 27.7 Å².